The molecule has 3 rings (SSSR count). The van der Waals surface area contributed by atoms with Crippen LogP contribution in [0.5, 0.6) is 0 Å². The Hall–Kier alpha value is -2.57. The summed E-state index contributed by atoms with van der Waals surface area (Å²) in [4.78, 5) is 28.4. The molecule has 1 atom stereocenters. The van der Waals surface area contributed by atoms with Crippen LogP contribution in [0.25, 0.3) is 0 Å². The fraction of sp³-hybridized carbons (Fsp3) is 0.364. The maximum Gasteiger partial charge on any atom is 0.337 e. The Morgan fingerprint density at radius 1 is 1.10 bits per heavy atom. The van der Waals surface area contributed by atoms with Crippen molar-refractivity contribution in [1.82, 2.24) is 10.2 Å². The van der Waals surface area contributed by atoms with Crippen molar-refractivity contribution in [2.45, 2.75) is 19.5 Å². The monoisotopic (exact) mass is 415 g/mol. The first-order chi connectivity index (χ1) is 14.0. The van der Waals surface area contributed by atoms with Crippen molar-refractivity contribution >= 4 is 29.2 Å². The van der Waals surface area contributed by atoms with E-state index in [0.29, 0.717) is 23.7 Å². The third-order valence-electron chi connectivity index (χ3n) is 5.17. The van der Waals surface area contributed by atoms with Gasteiger partial charge in [0.05, 0.1) is 19.2 Å². The van der Waals surface area contributed by atoms with Crippen LogP contribution in [0.3, 0.4) is 0 Å². The van der Waals surface area contributed by atoms with Crippen LogP contribution in [0.15, 0.2) is 48.5 Å². The van der Waals surface area contributed by atoms with Gasteiger partial charge in [-0.05, 0) is 48.9 Å². The van der Waals surface area contributed by atoms with Gasteiger partial charge in [0, 0.05) is 42.9 Å². The molecular weight excluding hydrogens is 390 g/mol. The van der Waals surface area contributed by atoms with E-state index in [2.05, 4.69) is 22.0 Å². The van der Waals surface area contributed by atoms with Gasteiger partial charge in [-0.25, -0.2) is 4.79 Å². The van der Waals surface area contributed by atoms with E-state index in [-0.39, 0.29) is 17.9 Å². The molecule has 2 aromatic carbocycles. The molecule has 0 saturated carbocycles. The first kappa shape index (κ1) is 21.1. The summed E-state index contributed by atoms with van der Waals surface area (Å²) in [5, 5.41) is 3.66. The highest BCUT2D eigenvalue weighted by Crippen LogP contribution is 2.20. The van der Waals surface area contributed by atoms with Crippen LogP contribution in [-0.4, -0.2) is 56.1 Å². The summed E-state index contributed by atoms with van der Waals surface area (Å²) in [7, 11) is 1.38. The summed E-state index contributed by atoms with van der Waals surface area (Å²) >= 11 is 5.88. The number of carbonyl (C=O) groups excluding carboxylic acids is 2. The second-order valence-corrected chi connectivity index (χ2v) is 7.64. The number of carbonyl (C=O) groups is 2. The molecule has 1 aliphatic rings. The molecule has 1 amide bonds. The number of anilines is 1. The minimum absolute atomic E-state index is 0.0164. The lowest BCUT2D eigenvalue weighted by molar-refractivity contribution is -0.123. The van der Waals surface area contributed by atoms with Crippen LogP contribution in [-0.2, 0) is 16.1 Å². The summed E-state index contributed by atoms with van der Waals surface area (Å²) in [5.74, 6) is -0.318. The maximum absolute atomic E-state index is 12.3. The van der Waals surface area contributed by atoms with Crippen LogP contribution in [0.4, 0.5) is 5.69 Å². The third-order valence-corrected chi connectivity index (χ3v) is 5.42. The molecule has 1 saturated heterocycles. The molecule has 1 fully saturated rings. The molecule has 7 heteroatoms. The number of benzene rings is 2. The Morgan fingerprint density at radius 3 is 2.41 bits per heavy atom. The Balaban J connectivity index is 1.48. The summed E-state index contributed by atoms with van der Waals surface area (Å²) in [6.45, 7) is 5.45. The minimum atomic E-state index is -0.334. The molecule has 0 bridgehead atoms. The lowest BCUT2D eigenvalue weighted by atomic mass is 10.1. The van der Waals surface area contributed by atoms with Crippen LogP contribution >= 0.6 is 11.6 Å². The van der Waals surface area contributed by atoms with E-state index in [4.69, 9.17) is 16.3 Å². The SMILES string of the molecule is COC(=O)c1ccc(N2CCN(CC(=O)NCc3ccc(Cl)cc3)C(C)C2)cc1. The Kier molecular flexibility index (Phi) is 7.12. The molecule has 1 heterocycles. The zero-order valence-electron chi connectivity index (χ0n) is 16.7. The molecular formula is C22H26ClN3O3. The largest absolute Gasteiger partial charge is 0.465 e. The number of rotatable bonds is 6. The first-order valence-corrected chi connectivity index (χ1v) is 10.0. The quantitative estimate of drug-likeness (QED) is 0.735. The number of nitrogens with one attached hydrogen (secondary N) is 1. The maximum atomic E-state index is 12.3. The van der Waals surface area contributed by atoms with Crippen LogP contribution in [0, 0.1) is 0 Å². The Morgan fingerprint density at radius 2 is 1.79 bits per heavy atom. The van der Waals surface area contributed by atoms with Gasteiger partial charge in [-0.2, -0.15) is 0 Å². The number of nitrogens with zero attached hydrogens (tertiary/aromatic N) is 2. The molecule has 0 aliphatic carbocycles. The van der Waals surface area contributed by atoms with Gasteiger partial charge < -0.3 is 15.0 Å². The molecule has 1 aliphatic heterocycles. The van der Waals surface area contributed by atoms with E-state index in [1.54, 1.807) is 12.1 Å². The number of piperazine rings is 1. The predicted octanol–water partition coefficient (Wildman–Crippen LogP) is 2.95. The fourth-order valence-electron chi connectivity index (χ4n) is 3.43. The number of hydrogen-bond acceptors (Lipinski definition) is 5. The van der Waals surface area contributed by atoms with Gasteiger partial charge in [-0.1, -0.05) is 23.7 Å². The molecule has 154 valence electrons. The average molecular weight is 416 g/mol. The zero-order chi connectivity index (χ0) is 20.8. The van der Waals surface area contributed by atoms with Crippen molar-refractivity contribution in [2.24, 2.45) is 0 Å². The van der Waals surface area contributed by atoms with Gasteiger partial charge in [0.15, 0.2) is 0 Å². The molecule has 1 unspecified atom stereocenters. The smallest absolute Gasteiger partial charge is 0.337 e. The molecule has 2 aromatic rings. The standard InChI is InChI=1S/C22H26ClN3O3/c1-16-14-26(20-9-5-18(6-10-20)22(28)29-2)12-11-25(16)15-21(27)24-13-17-3-7-19(23)8-4-17/h3-10,16H,11-15H2,1-2H3,(H,24,27). The highest BCUT2D eigenvalue weighted by molar-refractivity contribution is 6.30. The molecule has 6 nitrogen and oxygen atoms in total. The van der Waals surface area contributed by atoms with E-state index >= 15 is 0 Å². The number of hydrogen-bond donors (Lipinski definition) is 1. The minimum Gasteiger partial charge on any atom is -0.465 e. The van der Waals surface area contributed by atoms with E-state index in [1.165, 1.54) is 7.11 Å². The zero-order valence-corrected chi connectivity index (χ0v) is 17.5. The first-order valence-electron chi connectivity index (χ1n) is 9.65. The van der Waals surface area contributed by atoms with Gasteiger partial charge in [-0.15, -0.1) is 0 Å². The van der Waals surface area contributed by atoms with Gasteiger partial charge >= 0.3 is 5.97 Å². The normalized spacial score (nSPS) is 17.1. The van der Waals surface area contributed by atoms with E-state index in [9.17, 15) is 9.59 Å². The van der Waals surface area contributed by atoms with Crippen molar-refractivity contribution in [3.05, 3.63) is 64.7 Å². The highest BCUT2D eigenvalue weighted by Gasteiger charge is 2.25. The van der Waals surface area contributed by atoms with Gasteiger partial charge in [-0.3, -0.25) is 9.69 Å². The molecule has 1 N–H and O–H groups in total. The number of methoxy groups -OCH3 is 1. The molecule has 29 heavy (non-hydrogen) atoms. The van der Waals surface area contributed by atoms with Crippen LogP contribution in [0.1, 0.15) is 22.8 Å². The summed E-state index contributed by atoms with van der Waals surface area (Å²) in [6, 6.07) is 15.1. The number of halogens is 1. The summed E-state index contributed by atoms with van der Waals surface area (Å²) < 4.78 is 4.74. The van der Waals surface area contributed by atoms with Crippen LogP contribution in [0.2, 0.25) is 5.02 Å². The highest BCUT2D eigenvalue weighted by atomic mass is 35.5. The lowest BCUT2D eigenvalue weighted by Crippen LogP contribution is -2.54. The third kappa shape index (κ3) is 5.71. The van der Waals surface area contributed by atoms with Crippen molar-refractivity contribution in [2.75, 3.05) is 38.2 Å². The Bertz CT molecular complexity index is 839. The van der Waals surface area contributed by atoms with E-state index < -0.39 is 0 Å². The number of esters is 1. The van der Waals surface area contributed by atoms with Gasteiger partial charge in [0.1, 0.15) is 0 Å². The number of amides is 1. The predicted molar refractivity (Wildman–Crippen MR) is 114 cm³/mol. The summed E-state index contributed by atoms with van der Waals surface area (Å²) in [6.07, 6.45) is 0. The second-order valence-electron chi connectivity index (χ2n) is 7.21. The average Bonchev–Trinajstić information content (AvgIpc) is 2.74. The van der Waals surface area contributed by atoms with Crippen molar-refractivity contribution in [3.8, 4) is 0 Å². The Labute approximate surface area is 176 Å². The fourth-order valence-corrected chi connectivity index (χ4v) is 3.56. The van der Waals surface area contributed by atoms with Crippen molar-refractivity contribution in [3.63, 3.8) is 0 Å². The van der Waals surface area contributed by atoms with Crippen molar-refractivity contribution in [1.29, 1.82) is 0 Å². The molecule has 0 spiro atoms. The van der Waals surface area contributed by atoms with Crippen molar-refractivity contribution < 1.29 is 14.3 Å². The topological polar surface area (TPSA) is 61.9 Å². The lowest BCUT2D eigenvalue weighted by Gasteiger charge is -2.40. The van der Waals surface area contributed by atoms with E-state index in [0.717, 1.165) is 30.9 Å². The van der Waals surface area contributed by atoms with Gasteiger partial charge in [0.25, 0.3) is 0 Å². The second kappa shape index (κ2) is 9.76. The van der Waals surface area contributed by atoms with Gasteiger partial charge in [0.2, 0.25) is 5.91 Å². The van der Waals surface area contributed by atoms with Crippen LogP contribution < -0.4 is 10.2 Å². The molecule has 0 aromatic heterocycles. The summed E-state index contributed by atoms with van der Waals surface area (Å²) in [5.41, 5.74) is 2.63. The number of ether oxygens (including phenoxy) is 1. The molecule has 0 radical (unpaired) electrons. The van der Waals surface area contributed by atoms with E-state index in [1.807, 2.05) is 36.4 Å².